The molecule has 1 fully saturated rings. The topological polar surface area (TPSA) is 79.5 Å². The predicted molar refractivity (Wildman–Crippen MR) is 102 cm³/mol. The number of nitrogens with one attached hydrogen (secondary N) is 3. The average molecular weight is 353 g/mol. The SMILES string of the molecule is COc1ccc(NC(=O)c2ccc(NC(=O)CNCC3CC3)cc2)cc1. The van der Waals surface area contributed by atoms with E-state index in [0.29, 0.717) is 23.5 Å². The van der Waals surface area contributed by atoms with Crippen LogP contribution in [-0.4, -0.2) is 32.0 Å². The Kier molecular flexibility index (Phi) is 5.86. The molecule has 0 atom stereocenters. The van der Waals surface area contributed by atoms with Crippen molar-refractivity contribution in [2.24, 2.45) is 5.92 Å². The molecule has 2 aromatic rings. The lowest BCUT2D eigenvalue weighted by atomic mass is 10.2. The monoisotopic (exact) mass is 353 g/mol. The van der Waals surface area contributed by atoms with Crippen LogP contribution in [0.3, 0.4) is 0 Å². The average Bonchev–Trinajstić information content (AvgIpc) is 3.47. The zero-order chi connectivity index (χ0) is 18.4. The van der Waals surface area contributed by atoms with Crippen LogP contribution in [0.5, 0.6) is 5.75 Å². The Bertz CT molecular complexity index is 753. The van der Waals surface area contributed by atoms with Gasteiger partial charge in [0.15, 0.2) is 0 Å². The Morgan fingerprint density at radius 2 is 1.58 bits per heavy atom. The molecule has 3 N–H and O–H groups in total. The van der Waals surface area contributed by atoms with E-state index >= 15 is 0 Å². The molecule has 0 aliphatic heterocycles. The van der Waals surface area contributed by atoms with Gasteiger partial charge < -0.3 is 20.7 Å². The van der Waals surface area contributed by atoms with Gasteiger partial charge in [0.2, 0.25) is 5.91 Å². The Hall–Kier alpha value is -2.86. The number of rotatable bonds is 8. The highest BCUT2D eigenvalue weighted by Crippen LogP contribution is 2.27. The van der Waals surface area contributed by atoms with E-state index in [1.807, 2.05) is 0 Å². The van der Waals surface area contributed by atoms with Crippen LogP contribution in [0.4, 0.5) is 11.4 Å². The summed E-state index contributed by atoms with van der Waals surface area (Å²) in [6, 6.07) is 13.9. The van der Waals surface area contributed by atoms with Gasteiger partial charge in [0.25, 0.3) is 5.91 Å². The first kappa shape index (κ1) is 17.9. The van der Waals surface area contributed by atoms with Crippen LogP contribution in [0.15, 0.2) is 48.5 Å². The highest BCUT2D eigenvalue weighted by molar-refractivity contribution is 6.04. The molecule has 3 rings (SSSR count). The fourth-order valence-corrected chi connectivity index (χ4v) is 2.50. The molecule has 136 valence electrons. The highest BCUT2D eigenvalue weighted by atomic mass is 16.5. The number of anilines is 2. The number of amides is 2. The van der Waals surface area contributed by atoms with Gasteiger partial charge in [-0.3, -0.25) is 9.59 Å². The van der Waals surface area contributed by atoms with Gasteiger partial charge in [-0.1, -0.05) is 0 Å². The molecular weight excluding hydrogens is 330 g/mol. The first-order valence-electron chi connectivity index (χ1n) is 8.70. The molecule has 2 aromatic carbocycles. The summed E-state index contributed by atoms with van der Waals surface area (Å²) in [5.74, 6) is 1.18. The van der Waals surface area contributed by atoms with Gasteiger partial charge in [-0.25, -0.2) is 0 Å². The molecule has 0 bridgehead atoms. The summed E-state index contributed by atoms with van der Waals surface area (Å²) >= 11 is 0. The van der Waals surface area contributed by atoms with Crippen molar-refractivity contribution >= 4 is 23.2 Å². The first-order valence-corrected chi connectivity index (χ1v) is 8.70. The number of benzene rings is 2. The van der Waals surface area contributed by atoms with Gasteiger partial charge in [-0.15, -0.1) is 0 Å². The minimum Gasteiger partial charge on any atom is -0.497 e. The van der Waals surface area contributed by atoms with Crippen LogP contribution in [0, 0.1) is 5.92 Å². The lowest BCUT2D eigenvalue weighted by Crippen LogP contribution is -2.29. The zero-order valence-corrected chi connectivity index (χ0v) is 14.7. The summed E-state index contributed by atoms with van der Waals surface area (Å²) in [6.07, 6.45) is 2.52. The van der Waals surface area contributed by atoms with Gasteiger partial charge in [0, 0.05) is 16.9 Å². The van der Waals surface area contributed by atoms with Crippen LogP contribution in [-0.2, 0) is 4.79 Å². The molecule has 0 radical (unpaired) electrons. The second-order valence-electron chi connectivity index (χ2n) is 6.38. The van der Waals surface area contributed by atoms with Crippen LogP contribution in [0.2, 0.25) is 0 Å². The third kappa shape index (κ3) is 5.32. The molecule has 2 amide bonds. The highest BCUT2D eigenvalue weighted by Gasteiger charge is 2.20. The molecule has 0 spiro atoms. The normalized spacial score (nSPS) is 13.1. The van der Waals surface area contributed by atoms with Crippen LogP contribution < -0.4 is 20.7 Å². The maximum atomic E-state index is 12.3. The molecule has 1 aliphatic carbocycles. The van der Waals surface area contributed by atoms with E-state index < -0.39 is 0 Å². The van der Waals surface area contributed by atoms with Crippen molar-refractivity contribution in [1.82, 2.24) is 5.32 Å². The Balaban J connectivity index is 1.49. The lowest BCUT2D eigenvalue weighted by molar-refractivity contribution is -0.115. The minimum atomic E-state index is -0.209. The summed E-state index contributed by atoms with van der Waals surface area (Å²) in [4.78, 5) is 24.1. The van der Waals surface area contributed by atoms with E-state index in [0.717, 1.165) is 18.2 Å². The van der Waals surface area contributed by atoms with Crippen molar-refractivity contribution < 1.29 is 14.3 Å². The minimum absolute atomic E-state index is 0.0823. The van der Waals surface area contributed by atoms with Crippen molar-refractivity contribution in [1.29, 1.82) is 0 Å². The number of methoxy groups -OCH3 is 1. The smallest absolute Gasteiger partial charge is 0.255 e. The van der Waals surface area contributed by atoms with E-state index in [9.17, 15) is 9.59 Å². The van der Waals surface area contributed by atoms with Gasteiger partial charge in [0.05, 0.1) is 13.7 Å². The van der Waals surface area contributed by atoms with E-state index in [1.54, 1.807) is 55.6 Å². The zero-order valence-electron chi connectivity index (χ0n) is 14.7. The lowest BCUT2D eigenvalue weighted by Gasteiger charge is -2.08. The van der Waals surface area contributed by atoms with Crippen molar-refractivity contribution in [2.45, 2.75) is 12.8 Å². The van der Waals surface area contributed by atoms with E-state index in [1.165, 1.54) is 12.8 Å². The van der Waals surface area contributed by atoms with Gasteiger partial charge >= 0.3 is 0 Å². The van der Waals surface area contributed by atoms with Gasteiger partial charge in [0.1, 0.15) is 5.75 Å². The molecule has 6 heteroatoms. The van der Waals surface area contributed by atoms with E-state index in [4.69, 9.17) is 4.74 Å². The number of hydrogen-bond donors (Lipinski definition) is 3. The van der Waals surface area contributed by atoms with Crippen molar-refractivity contribution in [3.63, 3.8) is 0 Å². The van der Waals surface area contributed by atoms with Gasteiger partial charge in [-0.05, 0) is 73.8 Å². The molecule has 0 saturated heterocycles. The summed E-state index contributed by atoms with van der Waals surface area (Å²) in [5, 5.41) is 8.79. The third-order valence-electron chi connectivity index (χ3n) is 4.19. The second kappa shape index (κ2) is 8.49. The molecule has 26 heavy (non-hydrogen) atoms. The van der Waals surface area contributed by atoms with Gasteiger partial charge in [-0.2, -0.15) is 0 Å². The summed E-state index contributed by atoms with van der Waals surface area (Å²) < 4.78 is 5.09. The maximum Gasteiger partial charge on any atom is 0.255 e. The molecule has 0 unspecified atom stereocenters. The third-order valence-corrected chi connectivity index (χ3v) is 4.19. The fourth-order valence-electron chi connectivity index (χ4n) is 2.50. The van der Waals surface area contributed by atoms with Crippen LogP contribution in [0.25, 0.3) is 0 Å². The van der Waals surface area contributed by atoms with Crippen LogP contribution in [0.1, 0.15) is 23.2 Å². The molecule has 1 aliphatic rings. The molecular formula is C20H23N3O3. The summed E-state index contributed by atoms with van der Waals surface area (Å²) in [5.41, 5.74) is 1.88. The number of carbonyl (C=O) groups excluding carboxylic acids is 2. The van der Waals surface area contributed by atoms with E-state index in [-0.39, 0.29) is 11.8 Å². The Morgan fingerprint density at radius 3 is 2.19 bits per heavy atom. The largest absolute Gasteiger partial charge is 0.497 e. The van der Waals surface area contributed by atoms with Crippen LogP contribution >= 0.6 is 0 Å². The Labute approximate surface area is 152 Å². The van der Waals surface area contributed by atoms with Crippen molar-refractivity contribution in [3.05, 3.63) is 54.1 Å². The maximum absolute atomic E-state index is 12.3. The first-order chi connectivity index (χ1) is 12.6. The quantitative estimate of drug-likeness (QED) is 0.682. The van der Waals surface area contributed by atoms with Crippen molar-refractivity contribution in [3.8, 4) is 5.75 Å². The molecule has 0 aromatic heterocycles. The number of ether oxygens (including phenoxy) is 1. The fraction of sp³-hybridized carbons (Fsp3) is 0.300. The van der Waals surface area contributed by atoms with Crippen molar-refractivity contribution in [2.75, 3.05) is 30.8 Å². The van der Waals surface area contributed by atoms with E-state index in [2.05, 4.69) is 16.0 Å². The number of carbonyl (C=O) groups is 2. The molecule has 6 nitrogen and oxygen atoms in total. The Morgan fingerprint density at radius 1 is 0.962 bits per heavy atom. The molecule has 1 saturated carbocycles. The summed E-state index contributed by atoms with van der Waals surface area (Å²) in [7, 11) is 1.59. The molecule has 0 heterocycles. The summed E-state index contributed by atoms with van der Waals surface area (Å²) in [6.45, 7) is 1.20. The number of hydrogen-bond acceptors (Lipinski definition) is 4. The standard InChI is InChI=1S/C20H23N3O3/c1-26-18-10-8-17(9-11-18)23-20(25)15-4-6-16(7-5-15)22-19(24)13-21-12-14-2-3-14/h4-11,14,21H,2-3,12-13H2,1H3,(H,22,24)(H,23,25). The predicted octanol–water partition coefficient (Wildman–Crippen LogP) is 2.89. The second-order valence-corrected chi connectivity index (χ2v) is 6.38.